The predicted molar refractivity (Wildman–Crippen MR) is 123 cm³/mol. The van der Waals surface area contributed by atoms with Crippen molar-refractivity contribution >= 4 is 0 Å². The van der Waals surface area contributed by atoms with Crippen LogP contribution in [0.2, 0.25) is 0 Å². The van der Waals surface area contributed by atoms with Gasteiger partial charge in [0.25, 0.3) is 0 Å². The fourth-order valence-electron chi connectivity index (χ4n) is 4.21. The van der Waals surface area contributed by atoms with E-state index in [0.717, 1.165) is 50.3 Å². The number of rotatable bonds is 11. The summed E-state index contributed by atoms with van der Waals surface area (Å²) in [5.74, 6) is 0. The molecule has 0 atom stereocenters. The van der Waals surface area contributed by atoms with Crippen LogP contribution in [0.3, 0.4) is 0 Å². The highest BCUT2D eigenvalue weighted by Crippen LogP contribution is 2.24. The van der Waals surface area contributed by atoms with Gasteiger partial charge in [-0.05, 0) is 13.1 Å². The average molecular weight is 388 g/mol. The van der Waals surface area contributed by atoms with Gasteiger partial charge in [-0.1, -0.05) is 105 Å². The maximum atomic E-state index is 2.55. The van der Waals surface area contributed by atoms with E-state index in [-0.39, 0.29) is 0 Å². The van der Waals surface area contributed by atoms with E-state index in [4.69, 9.17) is 0 Å². The first-order valence-corrected chi connectivity index (χ1v) is 10.9. The third kappa shape index (κ3) is 6.56. The Morgan fingerprint density at radius 2 is 0.897 bits per heavy atom. The van der Waals surface area contributed by atoms with E-state index in [9.17, 15) is 0 Å². The Balaban J connectivity index is 1.95. The van der Waals surface area contributed by atoms with Gasteiger partial charge >= 0.3 is 0 Å². The van der Waals surface area contributed by atoms with Gasteiger partial charge in [0.1, 0.15) is 19.6 Å². The van der Waals surface area contributed by atoms with Gasteiger partial charge in [0.05, 0.1) is 6.54 Å². The molecule has 0 radical (unpaired) electrons. The molecule has 3 aromatic carbocycles. The lowest BCUT2D eigenvalue weighted by atomic mass is 10.1. The molecule has 0 heterocycles. The molecule has 2 nitrogen and oxygen atoms in total. The summed E-state index contributed by atoms with van der Waals surface area (Å²) in [5.41, 5.74) is 4.25. The molecule has 152 valence electrons. The smallest absolute Gasteiger partial charge is 0.105 e. The van der Waals surface area contributed by atoms with Crippen molar-refractivity contribution in [3.8, 4) is 0 Å². The Labute approximate surface area is 177 Å². The molecule has 3 rings (SSSR count). The van der Waals surface area contributed by atoms with Gasteiger partial charge in [-0.15, -0.1) is 0 Å². The van der Waals surface area contributed by atoms with Crippen molar-refractivity contribution in [1.82, 2.24) is 4.90 Å². The van der Waals surface area contributed by atoms with Gasteiger partial charge in [0, 0.05) is 23.2 Å². The molecule has 3 aromatic rings. The van der Waals surface area contributed by atoms with E-state index >= 15 is 0 Å². The Morgan fingerprint density at radius 3 is 1.21 bits per heavy atom. The Morgan fingerprint density at radius 1 is 0.552 bits per heavy atom. The molecule has 0 fully saturated rings. The SMILES string of the molecule is CCN(CC)CC[N+](Cc1ccccc1)(Cc1ccccc1)Cc1ccccc1. The zero-order valence-corrected chi connectivity index (χ0v) is 18.0. The second kappa shape index (κ2) is 10.9. The van der Waals surface area contributed by atoms with Crippen molar-refractivity contribution in [1.29, 1.82) is 0 Å². The minimum absolute atomic E-state index is 1.04. The van der Waals surface area contributed by atoms with Gasteiger partial charge in [-0.2, -0.15) is 0 Å². The summed E-state index contributed by atoms with van der Waals surface area (Å²) in [4.78, 5) is 2.55. The molecular formula is C27H35N2+. The molecule has 2 heteroatoms. The molecule has 0 amide bonds. The highest BCUT2D eigenvalue weighted by molar-refractivity contribution is 5.17. The van der Waals surface area contributed by atoms with E-state index < -0.39 is 0 Å². The van der Waals surface area contributed by atoms with Crippen molar-refractivity contribution < 1.29 is 4.48 Å². The quantitative estimate of drug-likeness (QED) is 0.379. The fraction of sp³-hybridized carbons (Fsp3) is 0.333. The van der Waals surface area contributed by atoms with Crippen LogP contribution in [0.4, 0.5) is 0 Å². The van der Waals surface area contributed by atoms with E-state index in [1.54, 1.807) is 0 Å². The largest absolute Gasteiger partial charge is 0.311 e. The first-order chi connectivity index (χ1) is 14.2. The summed E-state index contributed by atoms with van der Waals surface area (Å²) >= 11 is 0. The minimum Gasteiger partial charge on any atom is -0.311 e. The Bertz CT molecular complexity index is 710. The van der Waals surface area contributed by atoms with Crippen LogP contribution < -0.4 is 0 Å². The maximum absolute atomic E-state index is 2.55. The molecule has 0 saturated carbocycles. The number of likely N-dealkylation sites (N-methyl/N-ethyl adjacent to an activating group) is 1. The van der Waals surface area contributed by atoms with Crippen LogP contribution in [0.15, 0.2) is 91.0 Å². The standard InChI is InChI=1S/C27H35N2/c1-3-28(4-2)20-21-29(22-25-14-8-5-9-15-25,23-26-16-10-6-11-17-26)24-27-18-12-7-13-19-27/h5-19H,3-4,20-24H2,1-2H3/q+1. The molecule has 0 aliphatic rings. The molecule has 0 unspecified atom stereocenters. The molecule has 0 bridgehead atoms. The number of hydrogen-bond donors (Lipinski definition) is 0. The third-order valence-corrected chi connectivity index (χ3v) is 5.87. The molecule has 0 aliphatic heterocycles. The maximum Gasteiger partial charge on any atom is 0.105 e. The van der Waals surface area contributed by atoms with Gasteiger partial charge in [-0.3, -0.25) is 4.90 Å². The van der Waals surface area contributed by atoms with Crippen LogP contribution in [0.25, 0.3) is 0 Å². The first kappa shape index (κ1) is 21.3. The third-order valence-electron chi connectivity index (χ3n) is 5.87. The number of nitrogens with zero attached hydrogens (tertiary/aromatic N) is 2. The number of quaternary nitrogens is 1. The average Bonchev–Trinajstić information content (AvgIpc) is 2.76. The van der Waals surface area contributed by atoms with Gasteiger partial charge in [0.15, 0.2) is 0 Å². The highest BCUT2D eigenvalue weighted by Gasteiger charge is 2.29. The summed E-state index contributed by atoms with van der Waals surface area (Å²) in [6, 6.07) is 33.0. The lowest BCUT2D eigenvalue weighted by Crippen LogP contribution is -2.50. The monoisotopic (exact) mass is 387 g/mol. The molecule has 0 N–H and O–H groups in total. The van der Waals surface area contributed by atoms with Gasteiger partial charge in [0.2, 0.25) is 0 Å². The Kier molecular flexibility index (Phi) is 8.03. The lowest BCUT2D eigenvalue weighted by Gasteiger charge is -2.40. The van der Waals surface area contributed by atoms with Crippen molar-refractivity contribution in [3.05, 3.63) is 108 Å². The van der Waals surface area contributed by atoms with Gasteiger partial charge < -0.3 is 4.48 Å². The van der Waals surface area contributed by atoms with Crippen LogP contribution in [0.5, 0.6) is 0 Å². The van der Waals surface area contributed by atoms with E-state index in [2.05, 4.69) is 110 Å². The highest BCUT2D eigenvalue weighted by atomic mass is 15.4. The molecular weight excluding hydrogens is 352 g/mol. The van der Waals surface area contributed by atoms with Crippen LogP contribution in [-0.2, 0) is 19.6 Å². The summed E-state index contributed by atoms with van der Waals surface area (Å²) in [7, 11) is 0. The Hall–Kier alpha value is -2.42. The van der Waals surface area contributed by atoms with Crippen LogP contribution >= 0.6 is 0 Å². The van der Waals surface area contributed by atoms with Crippen molar-refractivity contribution in [2.45, 2.75) is 33.5 Å². The molecule has 0 spiro atoms. The van der Waals surface area contributed by atoms with Crippen LogP contribution in [-0.4, -0.2) is 35.6 Å². The van der Waals surface area contributed by atoms with E-state index in [0.29, 0.717) is 0 Å². The summed E-state index contributed by atoms with van der Waals surface area (Å²) < 4.78 is 1.04. The minimum atomic E-state index is 1.04. The van der Waals surface area contributed by atoms with E-state index in [1.807, 2.05) is 0 Å². The molecule has 0 aromatic heterocycles. The summed E-state index contributed by atoms with van der Waals surface area (Å²) in [6.45, 7) is 12.2. The molecule has 0 saturated heterocycles. The number of hydrogen-bond acceptors (Lipinski definition) is 1. The van der Waals surface area contributed by atoms with Crippen LogP contribution in [0, 0.1) is 0 Å². The van der Waals surface area contributed by atoms with Crippen LogP contribution in [0.1, 0.15) is 30.5 Å². The topological polar surface area (TPSA) is 3.24 Å². The van der Waals surface area contributed by atoms with Gasteiger partial charge in [-0.25, -0.2) is 0 Å². The zero-order valence-electron chi connectivity index (χ0n) is 18.0. The zero-order chi connectivity index (χ0) is 20.4. The summed E-state index contributed by atoms with van der Waals surface area (Å²) in [5, 5.41) is 0. The summed E-state index contributed by atoms with van der Waals surface area (Å²) in [6.07, 6.45) is 0. The fourth-order valence-corrected chi connectivity index (χ4v) is 4.21. The lowest BCUT2D eigenvalue weighted by molar-refractivity contribution is -0.965. The van der Waals surface area contributed by atoms with E-state index in [1.165, 1.54) is 16.7 Å². The molecule has 29 heavy (non-hydrogen) atoms. The first-order valence-electron chi connectivity index (χ1n) is 10.9. The normalized spacial score (nSPS) is 11.7. The predicted octanol–water partition coefficient (Wildman–Crippen LogP) is 5.75. The van der Waals surface area contributed by atoms with Crippen molar-refractivity contribution in [3.63, 3.8) is 0 Å². The van der Waals surface area contributed by atoms with Crippen molar-refractivity contribution in [2.24, 2.45) is 0 Å². The second-order valence-electron chi connectivity index (χ2n) is 8.02. The van der Waals surface area contributed by atoms with Crippen molar-refractivity contribution in [2.75, 3.05) is 26.2 Å². The number of benzene rings is 3. The molecule has 0 aliphatic carbocycles. The second-order valence-corrected chi connectivity index (χ2v) is 8.02.